The Labute approximate surface area is 180 Å². The van der Waals surface area contributed by atoms with E-state index in [-0.39, 0.29) is 18.1 Å². The highest BCUT2D eigenvalue weighted by molar-refractivity contribution is 5.96. The van der Waals surface area contributed by atoms with Gasteiger partial charge in [0.2, 0.25) is 0 Å². The number of aryl methyl sites for hydroxylation is 1. The largest absolute Gasteiger partial charge is 0.486 e. The second-order valence-electron chi connectivity index (χ2n) is 7.91. The Bertz CT molecular complexity index is 1120. The van der Waals surface area contributed by atoms with Gasteiger partial charge in [-0.1, -0.05) is 6.07 Å². The molecule has 162 valence electrons. The lowest BCUT2D eigenvalue weighted by molar-refractivity contribution is 0.0949. The first-order chi connectivity index (χ1) is 15.1. The summed E-state index contributed by atoms with van der Waals surface area (Å²) in [5.41, 5.74) is 1.76. The number of nitrogens with one attached hydrogen (secondary N) is 3. The number of benzene rings is 1. The summed E-state index contributed by atoms with van der Waals surface area (Å²) in [7, 11) is 0. The molecule has 0 saturated carbocycles. The lowest BCUT2D eigenvalue weighted by atomic mass is 9.95. The topological polar surface area (TPSA) is 109 Å². The molecule has 31 heavy (non-hydrogen) atoms. The highest BCUT2D eigenvalue weighted by Gasteiger charge is 2.15. The number of piperidine rings is 1. The predicted octanol–water partition coefficient (Wildman–Crippen LogP) is 2.33. The van der Waals surface area contributed by atoms with Crippen LogP contribution in [0, 0.1) is 12.8 Å². The number of pyridine rings is 1. The predicted molar refractivity (Wildman–Crippen MR) is 118 cm³/mol. The molecule has 0 spiro atoms. The van der Waals surface area contributed by atoms with Gasteiger partial charge in [-0.05, 0) is 69.0 Å². The van der Waals surface area contributed by atoms with Crippen LogP contribution in [0.25, 0.3) is 10.9 Å². The van der Waals surface area contributed by atoms with Gasteiger partial charge in [0.05, 0.1) is 17.1 Å². The summed E-state index contributed by atoms with van der Waals surface area (Å²) in [6.45, 7) is 4.78. The molecular formula is C23H27N5O3. The van der Waals surface area contributed by atoms with Gasteiger partial charge in [-0.3, -0.25) is 14.6 Å². The minimum Gasteiger partial charge on any atom is -0.486 e. The van der Waals surface area contributed by atoms with E-state index >= 15 is 0 Å². The summed E-state index contributed by atoms with van der Waals surface area (Å²) >= 11 is 0. The van der Waals surface area contributed by atoms with E-state index in [4.69, 9.17) is 4.74 Å². The standard InChI is InChI=1S/C23H27N5O3/c1-15-2-3-17(12-19(15)22(29)26-11-6-16-4-8-24-9-5-16)31-14-21-27-20-13-25-10-7-18(20)23(30)28-21/h2-3,7,10,12-13,16,24H,4-6,8-9,11,14H2,1H3,(H,26,29)(H,27,28,30). The molecule has 2 aromatic heterocycles. The average Bonchev–Trinajstić information content (AvgIpc) is 2.79. The van der Waals surface area contributed by atoms with Crippen molar-refractivity contribution in [2.24, 2.45) is 5.92 Å². The zero-order valence-electron chi connectivity index (χ0n) is 17.6. The van der Waals surface area contributed by atoms with Crippen LogP contribution in [0.15, 0.2) is 41.5 Å². The Balaban J connectivity index is 1.38. The van der Waals surface area contributed by atoms with Crippen molar-refractivity contribution in [1.82, 2.24) is 25.6 Å². The van der Waals surface area contributed by atoms with Crippen molar-refractivity contribution < 1.29 is 9.53 Å². The number of hydrogen-bond acceptors (Lipinski definition) is 6. The van der Waals surface area contributed by atoms with Crippen LogP contribution in [0.1, 0.15) is 41.0 Å². The number of hydrogen-bond donors (Lipinski definition) is 3. The maximum absolute atomic E-state index is 12.7. The van der Waals surface area contributed by atoms with E-state index < -0.39 is 0 Å². The van der Waals surface area contributed by atoms with Gasteiger partial charge in [0.25, 0.3) is 11.5 Å². The first-order valence-electron chi connectivity index (χ1n) is 10.7. The van der Waals surface area contributed by atoms with Gasteiger partial charge in [-0.25, -0.2) is 4.98 Å². The third-order valence-electron chi connectivity index (χ3n) is 5.68. The van der Waals surface area contributed by atoms with Crippen molar-refractivity contribution in [1.29, 1.82) is 0 Å². The van der Waals surface area contributed by atoms with Crippen LogP contribution in [0.2, 0.25) is 0 Å². The molecule has 0 unspecified atom stereocenters. The molecule has 4 rings (SSSR count). The van der Waals surface area contributed by atoms with E-state index in [9.17, 15) is 9.59 Å². The SMILES string of the molecule is Cc1ccc(OCc2nc3cnccc3c(=O)[nH]2)cc1C(=O)NCCC1CCNCC1. The Morgan fingerprint density at radius 3 is 2.94 bits per heavy atom. The Kier molecular flexibility index (Phi) is 6.57. The highest BCUT2D eigenvalue weighted by Crippen LogP contribution is 2.19. The van der Waals surface area contributed by atoms with E-state index in [0.717, 1.165) is 25.1 Å². The zero-order valence-corrected chi connectivity index (χ0v) is 17.6. The van der Waals surface area contributed by atoms with Gasteiger partial charge < -0.3 is 20.4 Å². The molecule has 0 aliphatic carbocycles. The number of carbonyl (C=O) groups is 1. The van der Waals surface area contributed by atoms with E-state index in [1.807, 2.05) is 19.1 Å². The second kappa shape index (κ2) is 9.70. The van der Waals surface area contributed by atoms with Gasteiger partial charge in [-0.2, -0.15) is 0 Å². The first-order valence-corrected chi connectivity index (χ1v) is 10.7. The number of aromatic amines is 1. The van der Waals surface area contributed by atoms with Crippen LogP contribution in [0.3, 0.4) is 0 Å². The minimum absolute atomic E-state index is 0.0832. The average molecular weight is 422 g/mol. The molecule has 0 bridgehead atoms. The van der Waals surface area contributed by atoms with Crippen molar-refractivity contribution in [3.63, 3.8) is 0 Å². The molecule has 1 aliphatic heterocycles. The summed E-state index contributed by atoms with van der Waals surface area (Å²) in [4.78, 5) is 36.0. The number of fused-ring (bicyclic) bond motifs is 1. The molecule has 0 radical (unpaired) electrons. The van der Waals surface area contributed by atoms with Crippen LogP contribution in [0.4, 0.5) is 0 Å². The quantitative estimate of drug-likeness (QED) is 0.540. The molecule has 1 aromatic carbocycles. The molecule has 3 aromatic rings. The molecule has 1 fully saturated rings. The first kappa shape index (κ1) is 21.0. The van der Waals surface area contributed by atoms with Crippen LogP contribution >= 0.6 is 0 Å². The fourth-order valence-electron chi connectivity index (χ4n) is 3.85. The second-order valence-corrected chi connectivity index (χ2v) is 7.91. The summed E-state index contributed by atoms with van der Waals surface area (Å²) < 4.78 is 5.80. The zero-order chi connectivity index (χ0) is 21.6. The van der Waals surface area contributed by atoms with Crippen LogP contribution in [-0.2, 0) is 6.61 Å². The van der Waals surface area contributed by atoms with Crippen LogP contribution in [0.5, 0.6) is 5.75 Å². The summed E-state index contributed by atoms with van der Waals surface area (Å²) in [6.07, 6.45) is 6.43. The van der Waals surface area contributed by atoms with E-state index in [1.165, 1.54) is 12.8 Å². The minimum atomic E-state index is -0.233. The number of rotatable bonds is 7. The number of amides is 1. The van der Waals surface area contributed by atoms with Crippen molar-refractivity contribution in [3.05, 3.63) is 64.0 Å². The van der Waals surface area contributed by atoms with Gasteiger partial charge in [0, 0.05) is 18.3 Å². The van der Waals surface area contributed by atoms with Crippen molar-refractivity contribution >= 4 is 16.8 Å². The maximum Gasteiger partial charge on any atom is 0.258 e. The molecule has 1 aliphatic rings. The summed E-state index contributed by atoms with van der Waals surface area (Å²) in [5, 5.41) is 6.88. The smallest absolute Gasteiger partial charge is 0.258 e. The van der Waals surface area contributed by atoms with E-state index in [0.29, 0.717) is 40.5 Å². The monoisotopic (exact) mass is 421 g/mol. The lowest BCUT2D eigenvalue weighted by Gasteiger charge is -2.22. The Hall–Kier alpha value is -3.26. The molecule has 0 atom stereocenters. The number of carbonyl (C=O) groups excluding carboxylic acids is 1. The van der Waals surface area contributed by atoms with Crippen molar-refractivity contribution in [2.75, 3.05) is 19.6 Å². The van der Waals surface area contributed by atoms with Crippen molar-refractivity contribution in [3.8, 4) is 5.75 Å². The molecule has 1 saturated heterocycles. The highest BCUT2D eigenvalue weighted by atomic mass is 16.5. The van der Waals surface area contributed by atoms with Gasteiger partial charge in [0.1, 0.15) is 18.2 Å². The number of aromatic nitrogens is 3. The summed E-state index contributed by atoms with van der Waals surface area (Å²) in [6, 6.07) is 7.02. The lowest BCUT2D eigenvalue weighted by Crippen LogP contribution is -2.31. The third kappa shape index (κ3) is 5.27. The van der Waals surface area contributed by atoms with Crippen LogP contribution in [-0.4, -0.2) is 40.5 Å². The Morgan fingerprint density at radius 1 is 1.26 bits per heavy atom. The summed E-state index contributed by atoms with van der Waals surface area (Å²) in [5.74, 6) is 1.52. The van der Waals surface area contributed by atoms with E-state index in [1.54, 1.807) is 24.5 Å². The van der Waals surface area contributed by atoms with Gasteiger partial charge in [-0.15, -0.1) is 0 Å². The van der Waals surface area contributed by atoms with E-state index in [2.05, 4.69) is 25.6 Å². The maximum atomic E-state index is 12.7. The number of H-pyrrole nitrogens is 1. The fourth-order valence-corrected chi connectivity index (χ4v) is 3.85. The normalized spacial score (nSPS) is 14.5. The molecule has 8 nitrogen and oxygen atoms in total. The molecule has 3 N–H and O–H groups in total. The number of nitrogens with zero attached hydrogens (tertiary/aromatic N) is 2. The number of ether oxygens (including phenoxy) is 1. The van der Waals surface area contributed by atoms with Gasteiger partial charge in [0.15, 0.2) is 0 Å². The molecule has 3 heterocycles. The molecule has 8 heteroatoms. The molecular weight excluding hydrogens is 394 g/mol. The molecule has 1 amide bonds. The fraction of sp³-hybridized carbons (Fsp3) is 0.391. The van der Waals surface area contributed by atoms with Crippen LogP contribution < -0.4 is 20.9 Å². The van der Waals surface area contributed by atoms with Crippen molar-refractivity contribution in [2.45, 2.75) is 32.8 Å². The van der Waals surface area contributed by atoms with Gasteiger partial charge >= 0.3 is 0 Å². The Morgan fingerprint density at radius 2 is 2.10 bits per heavy atom. The third-order valence-corrected chi connectivity index (χ3v) is 5.68.